The van der Waals surface area contributed by atoms with E-state index in [0.717, 1.165) is 12.8 Å². The van der Waals surface area contributed by atoms with E-state index in [4.69, 9.17) is 27.9 Å². The minimum absolute atomic E-state index is 0.0191. The zero-order valence-corrected chi connectivity index (χ0v) is 21.1. The van der Waals surface area contributed by atoms with Crippen molar-refractivity contribution in [2.75, 3.05) is 5.88 Å². The number of aliphatic hydroxyl groups excluding tert-OH is 1. The van der Waals surface area contributed by atoms with Gasteiger partial charge in [-0.15, -0.1) is 23.2 Å². The molecular weight excluding hydrogens is 451 g/mol. The van der Waals surface area contributed by atoms with Crippen molar-refractivity contribution in [1.29, 1.82) is 0 Å². The predicted octanol–water partition coefficient (Wildman–Crippen LogP) is 4.68. The van der Waals surface area contributed by atoms with Gasteiger partial charge in [0.2, 0.25) is 0 Å². The molecule has 4 rings (SSSR count). The number of halogens is 2. The van der Waals surface area contributed by atoms with Gasteiger partial charge in [-0.2, -0.15) is 0 Å². The highest BCUT2D eigenvalue weighted by molar-refractivity contribution is 6.29. The lowest BCUT2D eigenvalue weighted by atomic mass is 9.43. The summed E-state index contributed by atoms with van der Waals surface area (Å²) in [4.78, 5) is 37.2. The van der Waals surface area contributed by atoms with Gasteiger partial charge in [0.05, 0.1) is 16.9 Å². The fourth-order valence-electron chi connectivity index (χ4n) is 8.59. The molecule has 0 bridgehead atoms. The van der Waals surface area contributed by atoms with Crippen LogP contribution in [0.15, 0.2) is 0 Å². The Bertz CT molecular complexity index is 831. The van der Waals surface area contributed by atoms with Crippen molar-refractivity contribution in [2.24, 2.45) is 34.5 Å². The van der Waals surface area contributed by atoms with Crippen molar-refractivity contribution in [3.8, 4) is 0 Å². The monoisotopic (exact) mass is 486 g/mol. The summed E-state index contributed by atoms with van der Waals surface area (Å²) < 4.78 is 6.02. The second-order valence-corrected chi connectivity index (χ2v) is 12.2. The number of alkyl halides is 2. The maximum absolute atomic E-state index is 13.4. The Labute approximate surface area is 200 Å². The van der Waals surface area contributed by atoms with Crippen molar-refractivity contribution in [1.82, 2.24) is 0 Å². The second-order valence-electron chi connectivity index (χ2n) is 11.3. The van der Waals surface area contributed by atoms with E-state index >= 15 is 0 Å². The number of ketones is 2. The Morgan fingerprint density at radius 3 is 2.50 bits per heavy atom. The molecule has 7 heteroatoms. The van der Waals surface area contributed by atoms with Crippen molar-refractivity contribution in [3.63, 3.8) is 0 Å². The molecule has 0 aromatic rings. The van der Waals surface area contributed by atoms with Crippen LogP contribution in [0.5, 0.6) is 0 Å². The highest BCUT2D eigenvalue weighted by Gasteiger charge is 2.76. The van der Waals surface area contributed by atoms with E-state index in [1.54, 1.807) is 6.92 Å². The predicted molar refractivity (Wildman–Crippen MR) is 123 cm³/mol. The largest absolute Gasteiger partial charge is 0.450 e. The molecule has 0 radical (unpaired) electrons. The number of ether oxygens (including phenoxy) is 1. The Hall–Kier alpha value is -0.650. The van der Waals surface area contributed by atoms with E-state index in [-0.39, 0.29) is 59.4 Å². The number of rotatable bonds is 4. The fourth-order valence-corrected chi connectivity index (χ4v) is 9.38. The van der Waals surface area contributed by atoms with Gasteiger partial charge in [0.25, 0.3) is 0 Å². The summed E-state index contributed by atoms with van der Waals surface area (Å²) >= 11 is 13.6. The topological polar surface area (TPSA) is 80.7 Å². The van der Waals surface area contributed by atoms with Gasteiger partial charge < -0.3 is 9.84 Å². The van der Waals surface area contributed by atoms with Crippen LogP contribution in [0.25, 0.3) is 0 Å². The number of aliphatic hydroxyl groups is 1. The van der Waals surface area contributed by atoms with Crippen LogP contribution in [0.3, 0.4) is 0 Å². The Morgan fingerprint density at radius 1 is 1.19 bits per heavy atom. The Balaban J connectivity index is 1.81. The molecule has 9 atom stereocenters. The van der Waals surface area contributed by atoms with Crippen molar-refractivity contribution < 1.29 is 24.2 Å². The lowest BCUT2D eigenvalue weighted by Gasteiger charge is -2.66. The molecule has 4 aliphatic rings. The van der Waals surface area contributed by atoms with Crippen LogP contribution >= 0.6 is 23.2 Å². The van der Waals surface area contributed by atoms with Crippen LogP contribution in [-0.2, 0) is 19.1 Å². The first-order chi connectivity index (χ1) is 14.9. The summed E-state index contributed by atoms with van der Waals surface area (Å²) in [6.07, 6.45) is 3.68. The molecule has 1 N–H and O–H groups in total. The third-order valence-electron chi connectivity index (χ3n) is 10.2. The summed E-state index contributed by atoms with van der Waals surface area (Å²) in [7, 11) is 0. The van der Waals surface area contributed by atoms with Gasteiger partial charge in [-0.1, -0.05) is 27.7 Å². The minimum Gasteiger partial charge on any atom is -0.450 e. The van der Waals surface area contributed by atoms with Crippen LogP contribution < -0.4 is 0 Å². The summed E-state index contributed by atoms with van der Waals surface area (Å²) in [5, 5.41) is 11.7. The van der Waals surface area contributed by atoms with Crippen LogP contribution in [0, 0.1) is 34.5 Å². The summed E-state index contributed by atoms with van der Waals surface area (Å²) in [6, 6.07) is 0. The van der Waals surface area contributed by atoms with Gasteiger partial charge in [0.1, 0.15) is 5.78 Å². The third-order valence-corrected chi connectivity index (χ3v) is 11.4. The first kappa shape index (κ1) is 24.5. The molecule has 32 heavy (non-hydrogen) atoms. The molecule has 180 valence electrons. The number of fused-ring (bicyclic) bond motifs is 5. The van der Waals surface area contributed by atoms with Gasteiger partial charge in [-0.05, 0) is 55.3 Å². The molecule has 4 saturated carbocycles. The molecule has 4 fully saturated rings. The summed E-state index contributed by atoms with van der Waals surface area (Å²) in [5.74, 6) is -0.712. The van der Waals surface area contributed by atoms with Crippen LogP contribution in [0.1, 0.15) is 79.1 Å². The maximum atomic E-state index is 13.4. The van der Waals surface area contributed by atoms with E-state index in [2.05, 4.69) is 6.92 Å². The quantitative estimate of drug-likeness (QED) is 0.460. The van der Waals surface area contributed by atoms with E-state index in [0.29, 0.717) is 25.7 Å². The molecule has 0 aromatic heterocycles. The van der Waals surface area contributed by atoms with Crippen LogP contribution in [-0.4, -0.2) is 45.1 Å². The molecule has 5 nitrogen and oxygen atoms in total. The van der Waals surface area contributed by atoms with Crippen LogP contribution in [0.4, 0.5) is 0 Å². The third kappa shape index (κ3) is 2.89. The number of carbonyl (C=O) groups excluding carboxylic acids is 3. The minimum atomic E-state index is -1.36. The van der Waals surface area contributed by atoms with E-state index in [1.807, 2.05) is 13.8 Å². The lowest BCUT2D eigenvalue weighted by Crippen LogP contribution is -2.71. The number of hydrogen-bond acceptors (Lipinski definition) is 5. The first-order valence-electron chi connectivity index (χ1n) is 12.1. The smallest absolute Gasteiger partial charge is 0.306 e. The highest BCUT2D eigenvalue weighted by atomic mass is 35.5. The van der Waals surface area contributed by atoms with Gasteiger partial charge >= 0.3 is 5.97 Å². The molecule has 0 aromatic carbocycles. The molecule has 4 aliphatic carbocycles. The number of hydrogen-bond donors (Lipinski definition) is 1. The average Bonchev–Trinajstić information content (AvgIpc) is 2.96. The lowest BCUT2D eigenvalue weighted by molar-refractivity contribution is -0.207. The maximum Gasteiger partial charge on any atom is 0.306 e. The summed E-state index contributed by atoms with van der Waals surface area (Å²) in [6.45, 7) is 7.83. The zero-order valence-electron chi connectivity index (χ0n) is 19.6. The number of esters is 1. The standard InChI is InChI=1S/C25H36Cl2O5/c1-5-21(31)32-25(20(30)13-26)14(2)10-18-17-7-6-15-11-16(28)8-9-22(15,3)24(17,27)19(29)12-23(18,25)4/h14-15,17-19,29H,5-13H2,1-4H3/t14?,15?,17-,18-,19?,22-,23-,24-,25-/m0/s1. The Morgan fingerprint density at radius 2 is 1.88 bits per heavy atom. The molecule has 0 heterocycles. The average molecular weight is 487 g/mol. The van der Waals surface area contributed by atoms with Gasteiger partial charge in [-0.25, -0.2) is 0 Å². The Kier molecular flexibility index (Phi) is 6.08. The first-order valence-corrected chi connectivity index (χ1v) is 13.0. The van der Waals surface area contributed by atoms with Gasteiger partial charge in [0, 0.05) is 30.6 Å². The van der Waals surface area contributed by atoms with Gasteiger partial charge in [0.15, 0.2) is 11.4 Å². The van der Waals surface area contributed by atoms with Crippen molar-refractivity contribution in [3.05, 3.63) is 0 Å². The van der Waals surface area contributed by atoms with E-state index in [9.17, 15) is 19.5 Å². The number of carbonyl (C=O) groups is 3. The zero-order chi connectivity index (χ0) is 23.7. The second kappa shape index (κ2) is 7.95. The van der Waals surface area contributed by atoms with Crippen molar-refractivity contribution in [2.45, 2.75) is 95.6 Å². The molecule has 0 spiro atoms. The molecular formula is C25H36Cl2O5. The SMILES string of the molecule is CCC(=O)O[C@]1(C(=O)CCl)C(C)C[C@H]2[C@@H]3CCC4CC(=O)CC[C@]4(C)[C@@]3(Cl)C(O)C[C@@]21C. The highest BCUT2D eigenvalue weighted by Crippen LogP contribution is 2.73. The fraction of sp³-hybridized carbons (Fsp3) is 0.880. The molecule has 0 saturated heterocycles. The molecule has 0 amide bonds. The normalized spacial score (nSPS) is 50.2. The van der Waals surface area contributed by atoms with Crippen LogP contribution in [0.2, 0.25) is 0 Å². The summed E-state index contributed by atoms with van der Waals surface area (Å²) in [5.41, 5.74) is -2.46. The van der Waals surface area contributed by atoms with E-state index < -0.39 is 28.0 Å². The van der Waals surface area contributed by atoms with Crippen molar-refractivity contribution >= 4 is 40.7 Å². The molecule has 0 aliphatic heterocycles. The van der Waals surface area contributed by atoms with Gasteiger partial charge in [-0.3, -0.25) is 14.4 Å². The molecule has 3 unspecified atom stereocenters. The van der Waals surface area contributed by atoms with E-state index in [1.165, 1.54) is 0 Å². The number of Topliss-reactive ketones (excluding diaryl/α,β-unsaturated/α-hetero) is 2.